The molecule has 0 heterocycles. The number of nitrogens with one attached hydrogen (secondary N) is 1. The first-order chi connectivity index (χ1) is 6.68. The summed E-state index contributed by atoms with van der Waals surface area (Å²) in [5.74, 6) is 0. The molecule has 0 aliphatic carbocycles. The van der Waals surface area contributed by atoms with Crippen molar-refractivity contribution in [1.29, 1.82) is 0 Å². The van der Waals surface area contributed by atoms with Crippen LogP contribution in [0.4, 0.5) is 0 Å². The normalized spacial score (nSPS) is 11.3. The molecule has 0 aliphatic heterocycles. The summed E-state index contributed by atoms with van der Waals surface area (Å²) in [6.07, 6.45) is 1.40. The fourth-order valence-corrected chi connectivity index (χ4v) is 3.00. The minimum atomic E-state index is -2.29. The second kappa shape index (κ2) is 8.38. The highest BCUT2D eigenvalue weighted by atomic mass is 32.5. The Morgan fingerprint density at radius 1 is 1.36 bits per heavy atom. The molecule has 0 rings (SSSR count). The van der Waals surface area contributed by atoms with E-state index in [4.69, 9.17) is 25.6 Å². The van der Waals surface area contributed by atoms with Crippen LogP contribution in [0.3, 0.4) is 0 Å². The van der Waals surface area contributed by atoms with Crippen LogP contribution in [0.5, 0.6) is 0 Å². The van der Waals surface area contributed by atoms with Gasteiger partial charge in [0.1, 0.15) is 6.61 Å². The summed E-state index contributed by atoms with van der Waals surface area (Å²) in [5, 5.41) is 3.04. The van der Waals surface area contributed by atoms with Gasteiger partial charge in [0.05, 0.1) is 19.5 Å². The number of rotatable bonds is 9. The lowest BCUT2D eigenvalue weighted by atomic mass is 10.7. The third kappa shape index (κ3) is 6.51. The number of hydrogen-bond donors (Lipinski definition) is 1. The molecule has 0 radical (unpaired) electrons. The van der Waals surface area contributed by atoms with Gasteiger partial charge in [0.15, 0.2) is 0 Å². The highest BCUT2D eigenvalue weighted by Crippen LogP contribution is 2.43. The Hall–Kier alpha value is 0.0700. The predicted molar refractivity (Wildman–Crippen MR) is 61.7 cm³/mol. The van der Waals surface area contributed by atoms with Gasteiger partial charge in [-0.2, -0.15) is 0 Å². The lowest BCUT2D eigenvalue weighted by Gasteiger charge is -2.21. The Morgan fingerprint density at radius 3 is 2.36 bits per heavy atom. The standard InChI is InChI=1S/C8H18NO3PS/c1-4-10-8-7-9-13(14,11-5-2)12-6-3/h4H,1,5-8H2,2-3H3,(H,9,14). The maximum absolute atomic E-state index is 5.36. The second-order valence-electron chi connectivity index (χ2n) is 2.28. The molecule has 0 saturated heterocycles. The van der Waals surface area contributed by atoms with Gasteiger partial charge in [0.25, 0.3) is 6.64 Å². The molecule has 0 atom stereocenters. The van der Waals surface area contributed by atoms with Gasteiger partial charge in [-0.15, -0.1) is 0 Å². The van der Waals surface area contributed by atoms with Crippen LogP contribution in [0.1, 0.15) is 13.8 Å². The quantitative estimate of drug-likeness (QED) is 0.379. The molecule has 0 amide bonds. The molecule has 84 valence electrons. The topological polar surface area (TPSA) is 39.7 Å². The molecule has 14 heavy (non-hydrogen) atoms. The van der Waals surface area contributed by atoms with E-state index in [1.54, 1.807) is 0 Å². The molecule has 0 bridgehead atoms. The minimum absolute atomic E-state index is 0.516. The van der Waals surface area contributed by atoms with E-state index >= 15 is 0 Å². The largest absolute Gasteiger partial charge is 0.500 e. The van der Waals surface area contributed by atoms with Crippen molar-refractivity contribution in [2.75, 3.05) is 26.4 Å². The number of ether oxygens (including phenoxy) is 1. The molecule has 6 heteroatoms. The van der Waals surface area contributed by atoms with Crippen LogP contribution in [0.25, 0.3) is 0 Å². The molecule has 0 fully saturated rings. The average Bonchev–Trinajstić information content (AvgIpc) is 2.13. The smallest absolute Gasteiger partial charge is 0.261 e. The summed E-state index contributed by atoms with van der Waals surface area (Å²) < 4.78 is 15.7. The molecule has 0 aromatic rings. The molecule has 0 aromatic carbocycles. The van der Waals surface area contributed by atoms with Crippen molar-refractivity contribution >= 4 is 18.4 Å². The first-order valence-corrected chi connectivity index (χ1v) is 7.19. The van der Waals surface area contributed by atoms with E-state index in [1.165, 1.54) is 6.26 Å². The van der Waals surface area contributed by atoms with Crippen molar-refractivity contribution in [2.24, 2.45) is 0 Å². The summed E-state index contributed by atoms with van der Waals surface area (Å²) in [6, 6.07) is 0. The van der Waals surface area contributed by atoms with Crippen molar-refractivity contribution in [3.05, 3.63) is 12.8 Å². The van der Waals surface area contributed by atoms with E-state index in [0.29, 0.717) is 26.4 Å². The van der Waals surface area contributed by atoms with Crippen molar-refractivity contribution < 1.29 is 13.8 Å². The molecular formula is C8H18NO3PS. The average molecular weight is 239 g/mol. The minimum Gasteiger partial charge on any atom is -0.500 e. The first kappa shape index (κ1) is 14.1. The Bertz CT molecular complexity index is 191. The van der Waals surface area contributed by atoms with E-state index in [1.807, 2.05) is 13.8 Å². The van der Waals surface area contributed by atoms with Gasteiger partial charge in [0.2, 0.25) is 0 Å². The third-order valence-electron chi connectivity index (χ3n) is 1.24. The second-order valence-corrected chi connectivity index (χ2v) is 5.55. The van der Waals surface area contributed by atoms with Gasteiger partial charge in [-0.1, -0.05) is 6.58 Å². The van der Waals surface area contributed by atoms with E-state index < -0.39 is 6.64 Å². The fraction of sp³-hybridized carbons (Fsp3) is 0.750. The van der Waals surface area contributed by atoms with Crippen molar-refractivity contribution in [3.8, 4) is 0 Å². The van der Waals surface area contributed by atoms with Gasteiger partial charge in [-0.25, -0.2) is 5.09 Å². The van der Waals surface area contributed by atoms with Gasteiger partial charge >= 0.3 is 0 Å². The van der Waals surface area contributed by atoms with Crippen LogP contribution in [-0.2, 0) is 25.6 Å². The highest BCUT2D eigenvalue weighted by molar-refractivity contribution is 8.08. The Morgan fingerprint density at radius 2 is 1.93 bits per heavy atom. The summed E-state index contributed by atoms with van der Waals surface area (Å²) in [4.78, 5) is 0. The predicted octanol–water partition coefficient (Wildman–Crippen LogP) is 2.03. The molecule has 0 unspecified atom stereocenters. The zero-order valence-electron chi connectivity index (χ0n) is 8.69. The molecule has 1 N–H and O–H groups in total. The van der Waals surface area contributed by atoms with E-state index in [0.717, 1.165) is 0 Å². The lowest BCUT2D eigenvalue weighted by molar-refractivity contribution is 0.236. The summed E-state index contributed by atoms with van der Waals surface area (Å²) in [6.45, 7) is 7.14. The highest BCUT2D eigenvalue weighted by Gasteiger charge is 2.16. The molecule has 0 aromatic heterocycles. The number of hydrogen-bond acceptors (Lipinski definition) is 4. The lowest BCUT2D eigenvalue weighted by Crippen LogP contribution is -2.19. The molecule has 4 nitrogen and oxygen atoms in total. The summed E-state index contributed by atoms with van der Waals surface area (Å²) in [7, 11) is 0. The van der Waals surface area contributed by atoms with Crippen LogP contribution in [0.15, 0.2) is 12.8 Å². The van der Waals surface area contributed by atoms with E-state index in [-0.39, 0.29) is 0 Å². The monoisotopic (exact) mass is 239 g/mol. The van der Waals surface area contributed by atoms with Crippen LogP contribution >= 0.6 is 6.64 Å². The molecular weight excluding hydrogens is 221 g/mol. The van der Waals surface area contributed by atoms with Crippen LogP contribution in [0.2, 0.25) is 0 Å². The molecule has 0 spiro atoms. The van der Waals surface area contributed by atoms with Crippen molar-refractivity contribution in [1.82, 2.24) is 5.09 Å². The maximum atomic E-state index is 5.36. The van der Waals surface area contributed by atoms with Gasteiger partial charge < -0.3 is 13.8 Å². The molecule has 0 saturated carbocycles. The van der Waals surface area contributed by atoms with Crippen LogP contribution in [0, 0.1) is 0 Å². The Balaban J connectivity index is 3.83. The van der Waals surface area contributed by atoms with Gasteiger partial charge in [-0.3, -0.25) is 0 Å². The molecule has 0 aliphatic rings. The van der Waals surface area contributed by atoms with Crippen molar-refractivity contribution in [3.63, 3.8) is 0 Å². The zero-order valence-corrected chi connectivity index (χ0v) is 10.4. The zero-order chi connectivity index (χ0) is 10.9. The Kier molecular flexibility index (Phi) is 8.43. The fourth-order valence-electron chi connectivity index (χ4n) is 0.793. The van der Waals surface area contributed by atoms with Gasteiger partial charge in [-0.05, 0) is 25.7 Å². The van der Waals surface area contributed by atoms with Gasteiger partial charge in [0, 0.05) is 6.54 Å². The third-order valence-corrected chi connectivity index (χ3v) is 4.07. The van der Waals surface area contributed by atoms with Crippen molar-refractivity contribution in [2.45, 2.75) is 13.8 Å². The maximum Gasteiger partial charge on any atom is 0.261 e. The van der Waals surface area contributed by atoms with E-state index in [9.17, 15) is 0 Å². The summed E-state index contributed by atoms with van der Waals surface area (Å²) in [5.41, 5.74) is 0. The SMILES string of the molecule is C=COCCNP(=S)(OCC)OCC. The van der Waals surface area contributed by atoms with E-state index in [2.05, 4.69) is 11.7 Å². The van der Waals surface area contributed by atoms with Crippen LogP contribution < -0.4 is 5.09 Å². The van der Waals surface area contributed by atoms with Crippen LogP contribution in [-0.4, -0.2) is 26.4 Å². The summed E-state index contributed by atoms with van der Waals surface area (Å²) >= 11 is 5.22. The Labute approximate surface area is 90.8 Å². The first-order valence-electron chi connectivity index (χ1n) is 4.55.